The molecule has 170 valence electrons. The van der Waals surface area contributed by atoms with Crippen LogP contribution in [-0.4, -0.2) is 18.2 Å². The number of aryl methyl sites for hydroxylation is 1. The minimum Gasteiger partial charge on any atom is -0.445 e. The highest BCUT2D eigenvalue weighted by Gasteiger charge is 2.29. The van der Waals surface area contributed by atoms with Crippen molar-refractivity contribution in [3.05, 3.63) is 113 Å². The zero-order valence-corrected chi connectivity index (χ0v) is 19.0. The van der Waals surface area contributed by atoms with E-state index in [-0.39, 0.29) is 30.9 Å². The maximum atomic E-state index is 12.2. The monoisotopic (exact) mass is 441 g/mol. The summed E-state index contributed by atoms with van der Waals surface area (Å²) in [7, 11) is 0. The summed E-state index contributed by atoms with van der Waals surface area (Å²) in [6.07, 6.45) is 6.37. The lowest BCUT2D eigenvalue weighted by atomic mass is 10.1. The van der Waals surface area contributed by atoms with Gasteiger partial charge >= 0.3 is 6.09 Å². The van der Waals surface area contributed by atoms with Crippen molar-refractivity contribution in [3.8, 4) is 0 Å². The first kappa shape index (κ1) is 22.8. The molecule has 3 aromatic rings. The summed E-state index contributed by atoms with van der Waals surface area (Å²) >= 11 is 0. The predicted octanol–water partition coefficient (Wildman–Crippen LogP) is 6.61. The fraction of sp³-hybridized carbons (Fsp3) is 0.276. The van der Waals surface area contributed by atoms with Crippen LogP contribution < -0.4 is 5.32 Å². The highest BCUT2D eigenvalue weighted by Crippen LogP contribution is 2.30. The number of ether oxygens (including phenoxy) is 2. The largest absolute Gasteiger partial charge is 0.445 e. The Kier molecular flexibility index (Phi) is 7.94. The van der Waals surface area contributed by atoms with Crippen LogP contribution in [0.15, 0.2) is 91.0 Å². The van der Waals surface area contributed by atoms with Gasteiger partial charge in [0.15, 0.2) is 0 Å². The van der Waals surface area contributed by atoms with Crippen LogP contribution in [0, 0.1) is 6.92 Å². The molecular weight excluding hydrogens is 410 g/mol. The molecule has 0 aliphatic heterocycles. The smallest absolute Gasteiger partial charge is 0.407 e. The van der Waals surface area contributed by atoms with Crippen molar-refractivity contribution in [2.75, 3.05) is 0 Å². The average Bonchev–Trinajstić information content (AvgIpc) is 3.29. The van der Waals surface area contributed by atoms with Crippen molar-refractivity contribution in [1.29, 1.82) is 0 Å². The SMILES string of the molecule is Cc1ccc(C(C=Cc2ccccc2)OC2CCC(NC(=O)OCc3ccccc3)C2)cc1. The summed E-state index contributed by atoms with van der Waals surface area (Å²) in [5, 5.41) is 3.00. The summed E-state index contributed by atoms with van der Waals surface area (Å²) in [6.45, 7) is 2.36. The molecule has 4 rings (SSSR count). The Morgan fingerprint density at radius 3 is 2.39 bits per heavy atom. The molecule has 0 saturated heterocycles. The molecular formula is C29H31NO3. The topological polar surface area (TPSA) is 47.6 Å². The van der Waals surface area contributed by atoms with Crippen molar-refractivity contribution in [1.82, 2.24) is 5.32 Å². The summed E-state index contributed by atoms with van der Waals surface area (Å²) in [5.41, 5.74) is 4.48. The van der Waals surface area contributed by atoms with E-state index in [9.17, 15) is 4.79 Å². The number of rotatable bonds is 8. The molecule has 1 aliphatic carbocycles. The van der Waals surface area contributed by atoms with Crippen LogP contribution in [0.3, 0.4) is 0 Å². The van der Waals surface area contributed by atoms with Gasteiger partial charge in [-0.25, -0.2) is 4.79 Å². The van der Waals surface area contributed by atoms with E-state index in [1.807, 2.05) is 48.5 Å². The van der Waals surface area contributed by atoms with E-state index >= 15 is 0 Å². The third-order valence-corrected chi connectivity index (χ3v) is 5.93. The molecule has 0 spiro atoms. The molecule has 1 amide bonds. The molecule has 1 N–H and O–H groups in total. The first-order valence-corrected chi connectivity index (χ1v) is 11.6. The molecule has 0 radical (unpaired) electrons. The zero-order chi connectivity index (χ0) is 22.9. The second kappa shape index (κ2) is 11.5. The average molecular weight is 442 g/mol. The van der Waals surface area contributed by atoms with Gasteiger partial charge in [0, 0.05) is 6.04 Å². The third-order valence-electron chi connectivity index (χ3n) is 5.93. The molecule has 1 saturated carbocycles. The normalized spacial score (nSPS) is 18.8. The van der Waals surface area contributed by atoms with Crippen molar-refractivity contribution in [3.63, 3.8) is 0 Å². The molecule has 4 heteroatoms. The van der Waals surface area contributed by atoms with Gasteiger partial charge in [0.05, 0.1) is 6.10 Å². The fourth-order valence-corrected chi connectivity index (χ4v) is 4.09. The van der Waals surface area contributed by atoms with Gasteiger partial charge in [-0.15, -0.1) is 0 Å². The van der Waals surface area contributed by atoms with Gasteiger partial charge in [0.1, 0.15) is 12.7 Å². The lowest BCUT2D eigenvalue weighted by Gasteiger charge is -2.21. The van der Waals surface area contributed by atoms with Crippen molar-refractivity contribution in [2.24, 2.45) is 0 Å². The van der Waals surface area contributed by atoms with Gasteiger partial charge in [-0.2, -0.15) is 0 Å². The van der Waals surface area contributed by atoms with E-state index in [1.165, 1.54) is 5.56 Å². The lowest BCUT2D eigenvalue weighted by molar-refractivity contribution is 0.0159. The summed E-state index contributed by atoms with van der Waals surface area (Å²) in [6, 6.07) is 28.5. The van der Waals surface area contributed by atoms with Gasteiger partial charge in [-0.05, 0) is 42.9 Å². The molecule has 0 aromatic heterocycles. The van der Waals surface area contributed by atoms with Gasteiger partial charge in [0.25, 0.3) is 0 Å². The van der Waals surface area contributed by atoms with Crippen LogP contribution in [0.4, 0.5) is 4.79 Å². The van der Waals surface area contributed by atoms with Gasteiger partial charge in [0.2, 0.25) is 0 Å². The number of alkyl carbamates (subject to hydrolysis) is 1. The molecule has 3 aromatic carbocycles. The van der Waals surface area contributed by atoms with Crippen LogP contribution >= 0.6 is 0 Å². The molecule has 3 unspecified atom stereocenters. The van der Waals surface area contributed by atoms with Crippen LogP contribution in [0.2, 0.25) is 0 Å². The number of carbonyl (C=O) groups excluding carboxylic acids is 1. The minimum atomic E-state index is -0.372. The highest BCUT2D eigenvalue weighted by molar-refractivity contribution is 5.67. The second-order valence-corrected chi connectivity index (χ2v) is 8.58. The van der Waals surface area contributed by atoms with E-state index in [0.29, 0.717) is 0 Å². The van der Waals surface area contributed by atoms with Crippen LogP contribution in [0.5, 0.6) is 0 Å². The Morgan fingerprint density at radius 1 is 0.970 bits per heavy atom. The van der Waals surface area contributed by atoms with E-state index in [2.05, 4.69) is 60.8 Å². The first-order valence-electron chi connectivity index (χ1n) is 11.6. The predicted molar refractivity (Wildman–Crippen MR) is 132 cm³/mol. The van der Waals surface area contributed by atoms with Gasteiger partial charge in [-0.3, -0.25) is 0 Å². The lowest BCUT2D eigenvalue weighted by Crippen LogP contribution is -2.33. The van der Waals surface area contributed by atoms with E-state index in [4.69, 9.17) is 9.47 Å². The molecule has 1 fully saturated rings. The molecule has 3 atom stereocenters. The van der Waals surface area contributed by atoms with Crippen LogP contribution in [0.25, 0.3) is 6.08 Å². The molecule has 33 heavy (non-hydrogen) atoms. The van der Waals surface area contributed by atoms with Crippen LogP contribution in [0.1, 0.15) is 47.6 Å². The molecule has 0 bridgehead atoms. The Bertz CT molecular complexity index is 1030. The summed E-state index contributed by atoms with van der Waals surface area (Å²) in [5.74, 6) is 0. The van der Waals surface area contributed by atoms with E-state index < -0.39 is 0 Å². The Morgan fingerprint density at radius 2 is 1.67 bits per heavy atom. The quantitative estimate of drug-likeness (QED) is 0.428. The van der Waals surface area contributed by atoms with Gasteiger partial charge < -0.3 is 14.8 Å². The fourth-order valence-electron chi connectivity index (χ4n) is 4.09. The number of hydrogen-bond acceptors (Lipinski definition) is 3. The Hall–Kier alpha value is -3.37. The second-order valence-electron chi connectivity index (χ2n) is 8.58. The number of nitrogens with one attached hydrogen (secondary N) is 1. The Labute approximate surface area is 196 Å². The van der Waals surface area contributed by atoms with Crippen molar-refractivity contribution in [2.45, 2.75) is 51.0 Å². The van der Waals surface area contributed by atoms with Crippen molar-refractivity contribution < 1.29 is 14.3 Å². The van der Waals surface area contributed by atoms with E-state index in [1.54, 1.807) is 0 Å². The minimum absolute atomic E-state index is 0.0649. The maximum absolute atomic E-state index is 12.2. The number of hydrogen-bond donors (Lipinski definition) is 1. The Balaban J connectivity index is 1.33. The summed E-state index contributed by atoms with van der Waals surface area (Å²) < 4.78 is 11.9. The molecule has 0 heterocycles. The maximum Gasteiger partial charge on any atom is 0.407 e. The molecule has 4 nitrogen and oxygen atoms in total. The standard InChI is InChI=1S/C29H31NO3/c1-22-12-15-25(16-13-22)28(19-14-23-8-4-2-5-9-23)33-27-18-17-26(20-27)30-29(31)32-21-24-10-6-3-7-11-24/h2-16,19,26-28H,17-18,20-21H2,1H3,(H,30,31). The highest BCUT2D eigenvalue weighted by atomic mass is 16.5. The first-order chi connectivity index (χ1) is 16.2. The number of benzene rings is 3. The van der Waals surface area contributed by atoms with Crippen molar-refractivity contribution >= 4 is 12.2 Å². The van der Waals surface area contributed by atoms with Crippen LogP contribution in [-0.2, 0) is 16.1 Å². The summed E-state index contributed by atoms with van der Waals surface area (Å²) in [4.78, 5) is 12.2. The zero-order valence-electron chi connectivity index (χ0n) is 19.0. The van der Waals surface area contributed by atoms with Gasteiger partial charge in [-0.1, -0.05) is 103 Å². The molecule has 1 aliphatic rings. The third kappa shape index (κ3) is 7.06. The van der Waals surface area contributed by atoms with E-state index in [0.717, 1.165) is 36.0 Å². The number of amides is 1. The number of carbonyl (C=O) groups is 1.